The Balaban J connectivity index is 1.89. The van der Waals surface area contributed by atoms with Gasteiger partial charge in [0.25, 0.3) is 0 Å². The largest absolute Gasteiger partial charge is 0.385 e. The molecule has 0 spiro atoms. The van der Waals surface area contributed by atoms with Crippen molar-refractivity contribution in [2.45, 2.75) is 32.4 Å². The van der Waals surface area contributed by atoms with Gasteiger partial charge in [-0.1, -0.05) is 18.2 Å². The van der Waals surface area contributed by atoms with Crippen LogP contribution in [0.15, 0.2) is 30.3 Å². The van der Waals surface area contributed by atoms with Crippen LogP contribution in [0.5, 0.6) is 0 Å². The van der Waals surface area contributed by atoms with Gasteiger partial charge in [-0.25, -0.2) is 4.68 Å². The van der Waals surface area contributed by atoms with Crippen LogP contribution in [0.3, 0.4) is 0 Å². The van der Waals surface area contributed by atoms with Crippen LogP contribution in [0.4, 0.5) is 5.95 Å². The molecule has 0 atom stereocenters. The Hall–Kier alpha value is -1.70. The second-order valence-electron chi connectivity index (χ2n) is 6.87. The third-order valence-electron chi connectivity index (χ3n) is 4.74. The molecule has 6 nitrogen and oxygen atoms in total. The zero-order valence-corrected chi connectivity index (χ0v) is 16.6. The summed E-state index contributed by atoms with van der Waals surface area (Å²) in [5, 5.41) is 4.91. The van der Waals surface area contributed by atoms with Crippen LogP contribution in [-0.2, 0) is 11.4 Å². The number of hydrogen-bond acceptors (Lipinski definition) is 5. The van der Waals surface area contributed by atoms with Crippen LogP contribution in [0.2, 0.25) is 0 Å². The standard InChI is InChI=1S/C19H29N5OS/c1-21(12-9-15-25-2)16-23-19(26)24(17-10-5-3-6-11-17)18(20-23)22-13-7-4-8-14-22/h3,5-6,10-11H,4,7-9,12-16H2,1-2H3. The molecule has 0 bridgehead atoms. The Morgan fingerprint density at radius 1 is 1.15 bits per heavy atom. The number of para-hydroxylation sites is 1. The van der Waals surface area contributed by atoms with Crippen LogP contribution < -0.4 is 4.90 Å². The van der Waals surface area contributed by atoms with Gasteiger partial charge in [-0.15, -0.1) is 5.10 Å². The lowest BCUT2D eigenvalue weighted by molar-refractivity contribution is 0.168. The van der Waals surface area contributed by atoms with Crippen molar-refractivity contribution in [3.05, 3.63) is 35.1 Å². The van der Waals surface area contributed by atoms with Crippen molar-refractivity contribution in [3.63, 3.8) is 0 Å². The highest BCUT2D eigenvalue weighted by Gasteiger charge is 2.20. The van der Waals surface area contributed by atoms with Gasteiger partial charge in [0.15, 0.2) is 0 Å². The van der Waals surface area contributed by atoms with E-state index in [1.807, 2.05) is 22.9 Å². The van der Waals surface area contributed by atoms with E-state index in [1.165, 1.54) is 19.3 Å². The van der Waals surface area contributed by atoms with E-state index >= 15 is 0 Å². The van der Waals surface area contributed by atoms with Crippen LogP contribution in [0, 0.1) is 4.77 Å². The first-order valence-corrected chi connectivity index (χ1v) is 9.79. The molecule has 1 aromatic heterocycles. The Labute approximate surface area is 161 Å². The van der Waals surface area contributed by atoms with E-state index < -0.39 is 0 Å². The van der Waals surface area contributed by atoms with E-state index in [0.717, 1.165) is 49.1 Å². The first kappa shape index (κ1) is 19.1. The molecule has 1 fully saturated rings. The SMILES string of the molecule is COCCCN(C)Cn1nc(N2CCCCC2)n(-c2ccccc2)c1=S. The van der Waals surface area contributed by atoms with Crippen molar-refractivity contribution in [1.29, 1.82) is 0 Å². The molecule has 0 radical (unpaired) electrons. The summed E-state index contributed by atoms with van der Waals surface area (Å²) in [7, 11) is 3.84. The van der Waals surface area contributed by atoms with Crippen molar-refractivity contribution in [2.75, 3.05) is 45.3 Å². The maximum Gasteiger partial charge on any atom is 0.230 e. The van der Waals surface area contributed by atoms with Crippen molar-refractivity contribution in [2.24, 2.45) is 0 Å². The highest BCUT2D eigenvalue weighted by Crippen LogP contribution is 2.23. The molecular formula is C19H29N5OS. The van der Waals surface area contributed by atoms with Crippen LogP contribution in [-0.4, -0.2) is 59.6 Å². The molecule has 1 aromatic carbocycles. The number of hydrogen-bond donors (Lipinski definition) is 0. The maximum absolute atomic E-state index is 5.80. The molecule has 2 aromatic rings. The number of rotatable bonds is 8. The maximum atomic E-state index is 5.80. The van der Waals surface area contributed by atoms with Gasteiger partial charge in [-0.2, -0.15) is 0 Å². The molecule has 7 heteroatoms. The number of nitrogens with zero attached hydrogens (tertiary/aromatic N) is 5. The van der Waals surface area contributed by atoms with Crippen molar-refractivity contribution in [3.8, 4) is 5.69 Å². The summed E-state index contributed by atoms with van der Waals surface area (Å²) in [5.74, 6) is 0.964. The fraction of sp³-hybridized carbons (Fsp3) is 0.579. The normalized spacial score (nSPS) is 15.0. The van der Waals surface area contributed by atoms with Gasteiger partial charge in [0.2, 0.25) is 10.7 Å². The summed E-state index contributed by atoms with van der Waals surface area (Å²) in [5.41, 5.74) is 1.08. The van der Waals surface area contributed by atoms with E-state index in [0.29, 0.717) is 6.67 Å². The summed E-state index contributed by atoms with van der Waals surface area (Å²) >= 11 is 5.80. The smallest absolute Gasteiger partial charge is 0.230 e. The van der Waals surface area contributed by atoms with E-state index in [1.54, 1.807) is 7.11 Å². The van der Waals surface area contributed by atoms with Crippen molar-refractivity contribution in [1.82, 2.24) is 19.2 Å². The van der Waals surface area contributed by atoms with E-state index in [2.05, 4.69) is 33.5 Å². The number of aromatic nitrogens is 3. The lowest BCUT2D eigenvalue weighted by atomic mass is 10.1. The molecule has 142 valence electrons. The topological polar surface area (TPSA) is 38.5 Å². The molecule has 1 aliphatic heterocycles. The Morgan fingerprint density at radius 2 is 1.88 bits per heavy atom. The third kappa shape index (κ3) is 4.52. The quantitative estimate of drug-likeness (QED) is 0.523. The first-order chi connectivity index (χ1) is 12.7. The molecule has 0 amide bonds. The number of piperidine rings is 1. The first-order valence-electron chi connectivity index (χ1n) is 9.38. The highest BCUT2D eigenvalue weighted by molar-refractivity contribution is 7.71. The van der Waals surface area contributed by atoms with E-state index in [-0.39, 0.29) is 0 Å². The molecule has 2 heterocycles. The van der Waals surface area contributed by atoms with Gasteiger partial charge in [-0.3, -0.25) is 9.47 Å². The lowest BCUT2D eigenvalue weighted by Gasteiger charge is -2.27. The highest BCUT2D eigenvalue weighted by atomic mass is 32.1. The molecule has 1 saturated heterocycles. The predicted octanol–water partition coefficient (Wildman–Crippen LogP) is 3.32. The zero-order valence-electron chi connectivity index (χ0n) is 15.8. The Morgan fingerprint density at radius 3 is 2.58 bits per heavy atom. The van der Waals surface area contributed by atoms with Crippen molar-refractivity contribution < 1.29 is 4.74 Å². The average molecular weight is 376 g/mol. The number of methoxy groups -OCH3 is 1. The van der Waals surface area contributed by atoms with Gasteiger partial charge >= 0.3 is 0 Å². The zero-order chi connectivity index (χ0) is 18.4. The fourth-order valence-electron chi connectivity index (χ4n) is 3.37. The number of benzene rings is 1. The van der Waals surface area contributed by atoms with E-state index in [9.17, 15) is 0 Å². The van der Waals surface area contributed by atoms with Crippen molar-refractivity contribution >= 4 is 18.2 Å². The number of ether oxygens (including phenoxy) is 1. The monoisotopic (exact) mass is 375 g/mol. The van der Waals surface area contributed by atoms with Crippen LogP contribution in [0.25, 0.3) is 5.69 Å². The Bertz CT molecular complexity index is 736. The van der Waals surface area contributed by atoms with Gasteiger partial charge in [0.1, 0.15) is 0 Å². The van der Waals surface area contributed by atoms with Gasteiger partial charge in [0, 0.05) is 33.4 Å². The minimum Gasteiger partial charge on any atom is -0.385 e. The second-order valence-corrected chi connectivity index (χ2v) is 7.23. The molecule has 3 rings (SSSR count). The number of anilines is 1. The molecule has 0 saturated carbocycles. The molecule has 1 aliphatic rings. The van der Waals surface area contributed by atoms with Crippen LogP contribution >= 0.6 is 12.2 Å². The van der Waals surface area contributed by atoms with Gasteiger partial charge in [0.05, 0.1) is 12.4 Å². The molecule has 0 N–H and O–H groups in total. The summed E-state index contributed by atoms with van der Waals surface area (Å²) in [6.07, 6.45) is 4.72. The second kappa shape index (κ2) is 9.30. The summed E-state index contributed by atoms with van der Waals surface area (Å²) in [4.78, 5) is 4.60. The molecular weight excluding hydrogens is 346 g/mol. The minimum absolute atomic E-state index is 0.684. The fourth-order valence-corrected chi connectivity index (χ4v) is 3.65. The minimum atomic E-state index is 0.684. The molecule has 0 unspecified atom stereocenters. The van der Waals surface area contributed by atoms with E-state index in [4.69, 9.17) is 22.1 Å². The predicted molar refractivity (Wildman–Crippen MR) is 108 cm³/mol. The summed E-state index contributed by atoms with van der Waals surface area (Å²) < 4.78 is 9.95. The third-order valence-corrected chi connectivity index (χ3v) is 5.13. The van der Waals surface area contributed by atoms with Gasteiger partial charge in [-0.05, 0) is 57.1 Å². The molecule has 26 heavy (non-hydrogen) atoms. The summed E-state index contributed by atoms with van der Waals surface area (Å²) in [6, 6.07) is 10.3. The Kier molecular flexibility index (Phi) is 6.82. The van der Waals surface area contributed by atoms with Gasteiger partial charge < -0.3 is 9.64 Å². The molecule has 0 aliphatic carbocycles. The van der Waals surface area contributed by atoms with Crippen LogP contribution in [0.1, 0.15) is 25.7 Å². The summed E-state index contributed by atoms with van der Waals surface area (Å²) in [6.45, 7) is 4.49. The lowest BCUT2D eigenvalue weighted by Crippen LogP contribution is -2.32. The average Bonchev–Trinajstić information content (AvgIpc) is 2.99.